The van der Waals surface area contributed by atoms with E-state index >= 15 is 0 Å². The Kier molecular flexibility index (Phi) is 11.4. The Morgan fingerprint density at radius 3 is 2.33 bits per heavy atom. The van der Waals surface area contributed by atoms with E-state index in [1.807, 2.05) is 6.92 Å². The molecule has 2 N–H and O–H groups in total. The summed E-state index contributed by atoms with van der Waals surface area (Å²) in [6, 6.07) is 0.0907. The van der Waals surface area contributed by atoms with Crippen LogP contribution in [0.3, 0.4) is 0 Å². The lowest BCUT2D eigenvalue weighted by Crippen LogP contribution is -2.42. The van der Waals surface area contributed by atoms with Crippen LogP contribution < -0.4 is 5.32 Å². The van der Waals surface area contributed by atoms with Gasteiger partial charge in [-0.25, -0.2) is 4.79 Å². The molecule has 1 atom stereocenters. The van der Waals surface area contributed by atoms with Gasteiger partial charge in [0.15, 0.2) is 0 Å². The third-order valence-corrected chi connectivity index (χ3v) is 4.54. The minimum absolute atomic E-state index is 0.0306. The number of carboxylic acids is 1. The molecule has 0 saturated carbocycles. The van der Waals surface area contributed by atoms with Crippen molar-refractivity contribution >= 4 is 11.9 Å². The maximum absolute atomic E-state index is 12.2. The van der Waals surface area contributed by atoms with Crippen LogP contribution in [0.25, 0.3) is 0 Å². The molecule has 0 saturated heterocycles. The van der Waals surface area contributed by atoms with E-state index in [1.165, 1.54) is 55.6 Å². The van der Waals surface area contributed by atoms with E-state index in [4.69, 9.17) is 5.11 Å². The van der Waals surface area contributed by atoms with Crippen LogP contribution in [-0.4, -0.2) is 57.3 Å². The highest BCUT2D eigenvalue weighted by Gasteiger charge is 2.13. The first-order chi connectivity index (χ1) is 13.0. The zero-order chi connectivity index (χ0) is 20.1. The van der Waals surface area contributed by atoms with Crippen molar-refractivity contribution in [1.82, 2.24) is 20.0 Å². The number of hydrogen-bond donors (Lipinski definition) is 2. The minimum Gasteiger partial charge on any atom is -0.478 e. The molecule has 1 unspecified atom stereocenters. The van der Waals surface area contributed by atoms with Crippen molar-refractivity contribution in [2.24, 2.45) is 0 Å². The topological polar surface area (TPSA) is 87.5 Å². The van der Waals surface area contributed by atoms with E-state index in [2.05, 4.69) is 29.2 Å². The molecule has 0 radical (unpaired) electrons. The summed E-state index contributed by atoms with van der Waals surface area (Å²) in [6.45, 7) is 9.88. The van der Waals surface area contributed by atoms with Crippen molar-refractivity contribution in [3.8, 4) is 0 Å². The van der Waals surface area contributed by atoms with Gasteiger partial charge in [-0.05, 0) is 32.9 Å². The van der Waals surface area contributed by atoms with Crippen molar-refractivity contribution in [1.29, 1.82) is 0 Å². The summed E-state index contributed by atoms with van der Waals surface area (Å²) in [7, 11) is 0. The van der Waals surface area contributed by atoms with E-state index in [0.29, 0.717) is 6.54 Å². The van der Waals surface area contributed by atoms with Gasteiger partial charge in [0.2, 0.25) is 5.91 Å². The van der Waals surface area contributed by atoms with Crippen LogP contribution in [0.5, 0.6) is 0 Å². The number of aromatic carboxylic acids is 1. The molecule has 1 rings (SSSR count). The number of carbonyl (C=O) groups excluding carboxylic acids is 1. The number of carboxylic acid groups (broad SMARTS) is 1. The second-order valence-corrected chi connectivity index (χ2v) is 7.23. The van der Waals surface area contributed by atoms with Crippen LogP contribution in [0.15, 0.2) is 12.4 Å². The first-order valence-corrected chi connectivity index (χ1v) is 10.2. The Balaban J connectivity index is 2.37. The molecule has 7 nitrogen and oxygen atoms in total. The number of aryl methyl sites for hydroxylation is 1. The molecule has 0 bridgehead atoms. The Hall–Kier alpha value is -1.89. The molecule has 0 aliphatic heterocycles. The molecule has 1 aromatic heterocycles. The molecule has 1 amide bonds. The van der Waals surface area contributed by atoms with Crippen molar-refractivity contribution in [2.75, 3.05) is 19.6 Å². The van der Waals surface area contributed by atoms with Gasteiger partial charge in [0, 0.05) is 31.7 Å². The van der Waals surface area contributed by atoms with Crippen LogP contribution >= 0.6 is 0 Å². The van der Waals surface area contributed by atoms with Crippen LogP contribution in [0.4, 0.5) is 0 Å². The summed E-state index contributed by atoms with van der Waals surface area (Å²) in [5, 5.41) is 15.9. The maximum Gasteiger partial charge on any atom is 0.338 e. The minimum atomic E-state index is -1.01. The van der Waals surface area contributed by atoms with Gasteiger partial charge in [0.1, 0.15) is 0 Å². The normalized spacial score (nSPS) is 12.3. The molecule has 0 aliphatic carbocycles. The molecular weight excluding hydrogens is 344 g/mol. The van der Waals surface area contributed by atoms with Crippen LogP contribution in [-0.2, 0) is 11.3 Å². The summed E-state index contributed by atoms with van der Waals surface area (Å²) in [5.74, 6) is -1.04. The van der Waals surface area contributed by atoms with Crippen molar-refractivity contribution in [2.45, 2.75) is 78.3 Å². The highest BCUT2D eigenvalue weighted by atomic mass is 16.4. The first-order valence-electron chi connectivity index (χ1n) is 10.2. The Morgan fingerprint density at radius 1 is 1.19 bits per heavy atom. The second kappa shape index (κ2) is 13.3. The third kappa shape index (κ3) is 10.1. The highest BCUT2D eigenvalue weighted by Crippen LogP contribution is 2.04. The number of nitrogens with zero attached hydrogens (tertiary/aromatic N) is 3. The summed E-state index contributed by atoms with van der Waals surface area (Å²) in [4.78, 5) is 25.5. The van der Waals surface area contributed by atoms with Gasteiger partial charge in [0.05, 0.1) is 11.8 Å². The molecule has 1 aromatic rings. The number of amides is 1. The number of carbonyl (C=O) groups is 2. The molecule has 27 heavy (non-hydrogen) atoms. The van der Waals surface area contributed by atoms with E-state index in [1.54, 1.807) is 0 Å². The van der Waals surface area contributed by atoms with Gasteiger partial charge < -0.3 is 15.3 Å². The lowest BCUT2D eigenvalue weighted by atomic mass is 10.2. The Bertz CT molecular complexity index is 549. The quantitative estimate of drug-likeness (QED) is 0.456. The fourth-order valence-corrected chi connectivity index (χ4v) is 3.06. The average molecular weight is 381 g/mol. The predicted molar refractivity (Wildman–Crippen MR) is 107 cm³/mol. The zero-order valence-electron chi connectivity index (χ0n) is 17.1. The lowest BCUT2D eigenvalue weighted by Gasteiger charge is -2.26. The zero-order valence-corrected chi connectivity index (χ0v) is 17.1. The predicted octanol–water partition coefficient (Wildman–Crippen LogP) is 3.16. The highest BCUT2D eigenvalue weighted by molar-refractivity contribution is 5.86. The fourth-order valence-electron chi connectivity index (χ4n) is 3.06. The van der Waals surface area contributed by atoms with Crippen molar-refractivity contribution < 1.29 is 14.7 Å². The summed E-state index contributed by atoms with van der Waals surface area (Å²) in [6.07, 6.45) is 10.4. The molecule has 7 heteroatoms. The van der Waals surface area contributed by atoms with Crippen molar-refractivity contribution in [3.63, 3.8) is 0 Å². The molecular formula is C20H36N4O3. The van der Waals surface area contributed by atoms with Gasteiger partial charge in [-0.15, -0.1) is 0 Å². The number of nitrogens with one attached hydrogen (secondary N) is 1. The fraction of sp³-hybridized carbons (Fsp3) is 0.750. The van der Waals surface area contributed by atoms with Crippen LogP contribution in [0.2, 0.25) is 0 Å². The molecule has 0 spiro atoms. The van der Waals surface area contributed by atoms with E-state index < -0.39 is 5.97 Å². The number of rotatable bonds is 15. The van der Waals surface area contributed by atoms with E-state index in [-0.39, 0.29) is 23.9 Å². The standard InChI is InChI=1S/C20H36N4O3/c1-4-6-8-11-23(12-9-7-5-2)15-17(3)22-19(25)10-13-24-16-18(14-21-24)20(26)27/h14,16-17H,4-13,15H2,1-3H3,(H,22,25)(H,26,27). The van der Waals surface area contributed by atoms with Gasteiger partial charge in [-0.3, -0.25) is 9.48 Å². The summed E-state index contributed by atoms with van der Waals surface area (Å²) in [5.41, 5.74) is 0.138. The summed E-state index contributed by atoms with van der Waals surface area (Å²) >= 11 is 0. The molecule has 0 fully saturated rings. The van der Waals surface area contributed by atoms with Crippen LogP contribution in [0.1, 0.15) is 76.1 Å². The smallest absolute Gasteiger partial charge is 0.338 e. The molecule has 1 heterocycles. The Labute approximate surface area is 163 Å². The summed E-state index contributed by atoms with van der Waals surface area (Å²) < 4.78 is 1.50. The van der Waals surface area contributed by atoms with Crippen LogP contribution in [0, 0.1) is 0 Å². The number of hydrogen-bond acceptors (Lipinski definition) is 4. The second-order valence-electron chi connectivity index (χ2n) is 7.23. The van der Waals surface area contributed by atoms with Crippen molar-refractivity contribution in [3.05, 3.63) is 18.0 Å². The van der Waals surface area contributed by atoms with Gasteiger partial charge in [0.25, 0.3) is 0 Å². The average Bonchev–Trinajstić information content (AvgIpc) is 3.09. The first kappa shape index (κ1) is 23.1. The van der Waals surface area contributed by atoms with Gasteiger partial charge in [-0.1, -0.05) is 39.5 Å². The monoisotopic (exact) mass is 380 g/mol. The van der Waals surface area contributed by atoms with Gasteiger partial charge >= 0.3 is 5.97 Å². The largest absolute Gasteiger partial charge is 0.478 e. The third-order valence-electron chi connectivity index (χ3n) is 4.54. The molecule has 0 aromatic carbocycles. The van der Waals surface area contributed by atoms with E-state index in [0.717, 1.165) is 19.6 Å². The Morgan fingerprint density at radius 2 is 1.81 bits per heavy atom. The number of aromatic nitrogens is 2. The van der Waals surface area contributed by atoms with Gasteiger partial charge in [-0.2, -0.15) is 5.10 Å². The lowest BCUT2D eigenvalue weighted by molar-refractivity contribution is -0.122. The number of unbranched alkanes of at least 4 members (excludes halogenated alkanes) is 4. The SMILES string of the molecule is CCCCCN(CCCCC)CC(C)NC(=O)CCn1cc(C(=O)O)cn1. The molecule has 154 valence electrons. The van der Waals surface area contributed by atoms with E-state index in [9.17, 15) is 9.59 Å². The molecule has 0 aliphatic rings. The maximum atomic E-state index is 12.2.